The Bertz CT molecular complexity index is 1020. The molecule has 0 unspecified atom stereocenters. The van der Waals surface area contributed by atoms with Crippen LogP contribution in [0.1, 0.15) is 29.3 Å². The number of likely N-dealkylation sites (N-methyl/N-ethyl adjacent to an activating group) is 1. The molecular weight excluding hydrogens is 463 g/mol. The second kappa shape index (κ2) is 9.90. The Hall–Kier alpha value is -1.95. The summed E-state index contributed by atoms with van der Waals surface area (Å²) in [6.45, 7) is 0.604. The van der Waals surface area contributed by atoms with Gasteiger partial charge in [0.15, 0.2) is 0 Å². The molecule has 0 aliphatic carbocycles. The van der Waals surface area contributed by atoms with Crippen molar-refractivity contribution in [2.75, 3.05) is 33.7 Å². The maximum atomic E-state index is 13.0. The summed E-state index contributed by atoms with van der Waals surface area (Å²) in [5.74, 6) is -0.473. The van der Waals surface area contributed by atoms with E-state index >= 15 is 0 Å². The fourth-order valence-electron chi connectivity index (χ4n) is 3.70. The molecule has 1 amide bonds. The van der Waals surface area contributed by atoms with Crippen molar-refractivity contribution in [3.05, 3.63) is 52.2 Å². The highest BCUT2D eigenvalue weighted by molar-refractivity contribution is 7.89. The monoisotopic (exact) mass is 489 g/mol. The number of rotatable bonds is 7. The number of sulfonamides is 1. The lowest BCUT2D eigenvalue weighted by Gasteiger charge is -2.31. The van der Waals surface area contributed by atoms with Crippen LogP contribution in [0.3, 0.4) is 0 Å². The Kier molecular flexibility index (Phi) is 7.64. The van der Waals surface area contributed by atoms with E-state index in [0.29, 0.717) is 25.5 Å². The molecule has 0 bridgehead atoms. The molecule has 1 N–H and O–H groups in total. The van der Waals surface area contributed by atoms with Crippen LogP contribution in [-0.4, -0.2) is 57.3 Å². The normalized spacial score (nSPS) is 17.4. The first-order valence-corrected chi connectivity index (χ1v) is 12.5. The number of halogens is 3. The molecule has 32 heavy (non-hydrogen) atoms. The van der Waals surface area contributed by atoms with E-state index < -0.39 is 21.8 Å². The SMILES string of the molecule is CN(C)[C@@H](CNC(=O)C1CCN(S(=O)(=O)c2cccc(C(F)(F)F)c2)CC1)c1cccs1. The number of alkyl halides is 3. The van der Waals surface area contributed by atoms with Gasteiger partial charge < -0.3 is 10.2 Å². The summed E-state index contributed by atoms with van der Waals surface area (Å²) in [5.41, 5.74) is -1.01. The van der Waals surface area contributed by atoms with E-state index in [4.69, 9.17) is 0 Å². The third kappa shape index (κ3) is 5.69. The van der Waals surface area contributed by atoms with E-state index in [1.807, 2.05) is 36.5 Å². The summed E-state index contributed by atoms with van der Waals surface area (Å²) < 4.78 is 65.6. The standard InChI is InChI=1S/C21H26F3N3O3S2/c1-26(2)18(19-7-4-12-31-19)14-25-20(28)15-8-10-27(11-9-15)32(29,30)17-6-3-5-16(13-17)21(22,23)24/h3-7,12-13,15,18H,8-11,14H2,1-2H3,(H,25,28)/t18-/m0/s1. The van der Waals surface area contributed by atoms with Crippen LogP contribution < -0.4 is 5.32 Å². The van der Waals surface area contributed by atoms with E-state index in [9.17, 15) is 26.4 Å². The molecule has 1 fully saturated rings. The fraction of sp³-hybridized carbons (Fsp3) is 0.476. The second-order valence-corrected chi connectivity index (χ2v) is 10.9. The maximum Gasteiger partial charge on any atom is 0.416 e. The molecule has 3 rings (SSSR count). The van der Waals surface area contributed by atoms with E-state index in [2.05, 4.69) is 5.32 Å². The summed E-state index contributed by atoms with van der Waals surface area (Å²) in [7, 11) is -0.188. The van der Waals surface area contributed by atoms with Gasteiger partial charge in [0.1, 0.15) is 0 Å². The van der Waals surface area contributed by atoms with Crippen LogP contribution in [0.4, 0.5) is 13.2 Å². The third-order valence-electron chi connectivity index (χ3n) is 5.59. The van der Waals surface area contributed by atoms with Crippen molar-refractivity contribution in [1.29, 1.82) is 0 Å². The van der Waals surface area contributed by atoms with Gasteiger partial charge in [-0.2, -0.15) is 17.5 Å². The summed E-state index contributed by atoms with van der Waals surface area (Å²) in [4.78, 5) is 15.4. The number of nitrogens with zero attached hydrogens (tertiary/aromatic N) is 2. The number of benzene rings is 1. The number of carbonyl (C=O) groups excluding carboxylic acids is 1. The first-order valence-electron chi connectivity index (χ1n) is 10.1. The lowest BCUT2D eigenvalue weighted by molar-refractivity contribution is -0.137. The largest absolute Gasteiger partial charge is 0.416 e. The Morgan fingerprint density at radius 3 is 2.47 bits per heavy atom. The number of amides is 1. The van der Waals surface area contributed by atoms with Crippen molar-refractivity contribution in [2.24, 2.45) is 5.92 Å². The highest BCUT2D eigenvalue weighted by Crippen LogP contribution is 2.32. The van der Waals surface area contributed by atoms with E-state index in [1.165, 1.54) is 0 Å². The molecule has 0 spiro atoms. The quantitative estimate of drug-likeness (QED) is 0.646. The Balaban J connectivity index is 1.59. The molecule has 2 heterocycles. The number of hydrogen-bond donors (Lipinski definition) is 1. The van der Waals surface area contributed by atoms with E-state index in [1.54, 1.807) is 11.3 Å². The van der Waals surface area contributed by atoms with Crippen LogP contribution >= 0.6 is 11.3 Å². The first-order chi connectivity index (χ1) is 15.0. The van der Waals surface area contributed by atoms with Gasteiger partial charge >= 0.3 is 6.18 Å². The minimum absolute atomic E-state index is 0.0420. The Morgan fingerprint density at radius 2 is 1.91 bits per heavy atom. The minimum Gasteiger partial charge on any atom is -0.354 e. The van der Waals surface area contributed by atoms with Crippen molar-refractivity contribution in [3.8, 4) is 0 Å². The second-order valence-electron chi connectivity index (χ2n) is 7.94. The fourth-order valence-corrected chi connectivity index (χ4v) is 6.14. The van der Waals surface area contributed by atoms with Crippen LogP contribution in [0.25, 0.3) is 0 Å². The first kappa shape index (κ1) is 24.7. The number of nitrogens with one attached hydrogen (secondary N) is 1. The molecule has 6 nitrogen and oxygen atoms in total. The highest BCUT2D eigenvalue weighted by atomic mass is 32.2. The van der Waals surface area contributed by atoms with Crippen molar-refractivity contribution < 1.29 is 26.4 Å². The van der Waals surface area contributed by atoms with Gasteiger partial charge in [0.2, 0.25) is 15.9 Å². The van der Waals surface area contributed by atoms with Crippen molar-refractivity contribution in [2.45, 2.75) is 30.0 Å². The van der Waals surface area contributed by atoms with Gasteiger partial charge in [0, 0.05) is 30.4 Å². The van der Waals surface area contributed by atoms with Crippen molar-refractivity contribution in [1.82, 2.24) is 14.5 Å². The lowest BCUT2D eigenvalue weighted by Crippen LogP contribution is -2.44. The average Bonchev–Trinajstić information content (AvgIpc) is 3.27. The van der Waals surface area contributed by atoms with Crippen LogP contribution in [0.2, 0.25) is 0 Å². The molecule has 1 saturated heterocycles. The summed E-state index contributed by atoms with van der Waals surface area (Å²) in [6, 6.07) is 7.75. The molecule has 1 aliphatic rings. The Morgan fingerprint density at radius 1 is 1.22 bits per heavy atom. The Labute approximate surface area is 190 Å². The van der Waals surface area contributed by atoms with Gasteiger partial charge in [-0.3, -0.25) is 4.79 Å². The number of piperidine rings is 1. The van der Waals surface area contributed by atoms with Gasteiger partial charge in [-0.25, -0.2) is 8.42 Å². The zero-order valence-corrected chi connectivity index (χ0v) is 19.4. The predicted octanol–water partition coefficient (Wildman–Crippen LogP) is 3.59. The zero-order valence-electron chi connectivity index (χ0n) is 17.8. The summed E-state index contributed by atoms with van der Waals surface area (Å²) in [5, 5.41) is 4.94. The minimum atomic E-state index is -4.62. The maximum absolute atomic E-state index is 13.0. The van der Waals surface area contributed by atoms with Crippen molar-refractivity contribution in [3.63, 3.8) is 0 Å². The highest BCUT2D eigenvalue weighted by Gasteiger charge is 2.35. The summed E-state index contributed by atoms with van der Waals surface area (Å²) in [6.07, 6.45) is -3.99. The molecule has 1 aliphatic heterocycles. The van der Waals surface area contributed by atoms with Gasteiger partial charge in [0.05, 0.1) is 16.5 Å². The van der Waals surface area contributed by atoms with Crippen molar-refractivity contribution >= 4 is 27.3 Å². The summed E-state index contributed by atoms with van der Waals surface area (Å²) >= 11 is 1.61. The topological polar surface area (TPSA) is 69.7 Å². The molecule has 0 radical (unpaired) electrons. The molecular formula is C21H26F3N3O3S2. The van der Waals surface area contributed by atoms with Crippen LogP contribution in [0.15, 0.2) is 46.7 Å². The van der Waals surface area contributed by atoms with E-state index in [0.717, 1.165) is 27.4 Å². The van der Waals surface area contributed by atoms with Gasteiger partial charge in [-0.1, -0.05) is 12.1 Å². The zero-order chi connectivity index (χ0) is 23.5. The lowest BCUT2D eigenvalue weighted by atomic mass is 9.97. The molecule has 1 aromatic heterocycles. The van der Waals surface area contributed by atoms with Gasteiger partial charge in [-0.05, 0) is 56.6 Å². The molecule has 11 heteroatoms. The molecule has 176 valence electrons. The molecule has 1 atom stereocenters. The van der Waals surface area contributed by atoms with Crippen LogP contribution in [-0.2, 0) is 21.0 Å². The number of thiophene rings is 1. The molecule has 0 saturated carbocycles. The van der Waals surface area contributed by atoms with Crippen LogP contribution in [0, 0.1) is 5.92 Å². The van der Waals surface area contributed by atoms with Gasteiger partial charge in [0.25, 0.3) is 0 Å². The van der Waals surface area contributed by atoms with Gasteiger partial charge in [-0.15, -0.1) is 11.3 Å². The number of hydrogen-bond acceptors (Lipinski definition) is 5. The average molecular weight is 490 g/mol. The molecule has 1 aromatic carbocycles. The van der Waals surface area contributed by atoms with Crippen LogP contribution in [0.5, 0.6) is 0 Å². The predicted molar refractivity (Wildman–Crippen MR) is 117 cm³/mol. The smallest absolute Gasteiger partial charge is 0.354 e. The number of carbonyl (C=O) groups is 1. The molecule has 2 aromatic rings. The third-order valence-corrected chi connectivity index (χ3v) is 8.46. The van der Waals surface area contributed by atoms with E-state index in [-0.39, 0.29) is 35.9 Å².